The van der Waals surface area contributed by atoms with Crippen molar-refractivity contribution < 1.29 is 9.32 Å². The minimum atomic E-state index is 0.111. The summed E-state index contributed by atoms with van der Waals surface area (Å²) in [7, 11) is 0. The lowest BCUT2D eigenvalue weighted by Gasteiger charge is -2.15. The van der Waals surface area contributed by atoms with E-state index in [-0.39, 0.29) is 11.8 Å². The Morgan fingerprint density at radius 1 is 1.60 bits per heavy atom. The van der Waals surface area contributed by atoms with E-state index in [1.807, 2.05) is 13.8 Å². The van der Waals surface area contributed by atoms with Gasteiger partial charge in [0.2, 0.25) is 5.91 Å². The SMILES string of the molecule is Cc1noc(C)c1N1CC(CN)CC1=O. The van der Waals surface area contributed by atoms with E-state index in [9.17, 15) is 4.79 Å². The predicted octanol–water partition coefficient (Wildman–Crippen LogP) is 0.603. The second kappa shape index (κ2) is 3.66. The maximum Gasteiger partial charge on any atom is 0.227 e. The number of rotatable bonds is 2. The van der Waals surface area contributed by atoms with Crippen LogP contribution in [0, 0.1) is 19.8 Å². The first kappa shape index (κ1) is 10.2. The first-order valence-electron chi connectivity index (χ1n) is 5.06. The molecular formula is C10H15N3O2. The van der Waals surface area contributed by atoms with E-state index in [1.54, 1.807) is 4.90 Å². The molecular weight excluding hydrogens is 194 g/mol. The monoisotopic (exact) mass is 209 g/mol. The standard InChI is InChI=1S/C10H15N3O2/c1-6-10(7(2)15-12-6)13-5-8(4-11)3-9(13)14/h8H,3-5,11H2,1-2H3. The van der Waals surface area contributed by atoms with Gasteiger partial charge >= 0.3 is 0 Å². The minimum absolute atomic E-state index is 0.111. The van der Waals surface area contributed by atoms with E-state index < -0.39 is 0 Å². The van der Waals surface area contributed by atoms with Gasteiger partial charge in [-0.05, 0) is 26.3 Å². The molecule has 2 heterocycles. The highest BCUT2D eigenvalue weighted by molar-refractivity contribution is 5.96. The van der Waals surface area contributed by atoms with Gasteiger partial charge in [0.1, 0.15) is 11.4 Å². The van der Waals surface area contributed by atoms with Gasteiger partial charge in [-0.15, -0.1) is 0 Å². The highest BCUT2D eigenvalue weighted by Crippen LogP contribution is 2.29. The summed E-state index contributed by atoms with van der Waals surface area (Å²) in [5, 5.41) is 3.85. The summed E-state index contributed by atoms with van der Waals surface area (Å²) in [6, 6.07) is 0. The van der Waals surface area contributed by atoms with Gasteiger partial charge in [-0.25, -0.2) is 0 Å². The zero-order valence-electron chi connectivity index (χ0n) is 8.99. The largest absolute Gasteiger partial charge is 0.359 e. The molecule has 1 aliphatic heterocycles. The lowest BCUT2D eigenvalue weighted by atomic mass is 10.1. The zero-order chi connectivity index (χ0) is 11.0. The molecule has 82 valence electrons. The molecule has 1 fully saturated rings. The molecule has 1 aromatic rings. The second-order valence-electron chi connectivity index (χ2n) is 3.98. The van der Waals surface area contributed by atoms with Gasteiger partial charge in [0.25, 0.3) is 0 Å². The molecule has 0 saturated carbocycles. The molecule has 0 aromatic carbocycles. The van der Waals surface area contributed by atoms with Crippen molar-refractivity contribution in [3.63, 3.8) is 0 Å². The number of hydrogen-bond acceptors (Lipinski definition) is 4. The van der Waals surface area contributed by atoms with Crippen molar-refractivity contribution in [3.05, 3.63) is 11.5 Å². The Kier molecular flexibility index (Phi) is 2.48. The van der Waals surface area contributed by atoms with Crippen LogP contribution in [0.4, 0.5) is 5.69 Å². The second-order valence-corrected chi connectivity index (χ2v) is 3.98. The van der Waals surface area contributed by atoms with Crippen LogP contribution in [-0.2, 0) is 4.79 Å². The summed E-state index contributed by atoms with van der Waals surface area (Å²) >= 11 is 0. The van der Waals surface area contributed by atoms with Crippen LogP contribution in [0.25, 0.3) is 0 Å². The van der Waals surface area contributed by atoms with E-state index >= 15 is 0 Å². The van der Waals surface area contributed by atoms with Crippen molar-refractivity contribution >= 4 is 11.6 Å². The normalized spacial score (nSPS) is 21.4. The minimum Gasteiger partial charge on any atom is -0.359 e. The molecule has 1 unspecified atom stereocenters. The third-order valence-corrected chi connectivity index (χ3v) is 2.80. The Bertz CT molecular complexity index is 367. The van der Waals surface area contributed by atoms with Crippen molar-refractivity contribution in [1.29, 1.82) is 0 Å². The average Bonchev–Trinajstić information content (AvgIpc) is 2.71. The molecule has 1 atom stereocenters. The fourth-order valence-corrected chi connectivity index (χ4v) is 2.02. The number of nitrogens with zero attached hydrogens (tertiary/aromatic N) is 2. The van der Waals surface area contributed by atoms with Gasteiger partial charge < -0.3 is 15.2 Å². The summed E-state index contributed by atoms with van der Waals surface area (Å²) in [4.78, 5) is 13.5. The lowest BCUT2D eigenvalue weighted by Crippen LogP contribution is -2.26. The number of aromatic nitrogens is 1. The van der Waals surface area contributed by atoms with Crippen molar-refractivity contribution in [2.24, 2.45) is 11.7 Å². The highest BCUT2D eigenvalue weighted by atomic mass is 16.5. The van der Waals surface area contributed by atoms with Crippen LogP contribution in [0.3, 0.4) is 0 Å². The van der Waals surface area contributed by atoms with Gasteiger partial charge in [-0.2, -0.15) is 0 Å². The summed E-state index contributed by atoms with van der Waals surface area (Å²) < 4.78 is 5.05. The topological polar surface area (TPSA) is 72.4 Å². The van der Waals surface area contributed by atoms with Crippen molar-refractivity contribution in [2.45, 2.75) is 20.3 Å². The number of amides is 1. The van der Waals surface area contributed by atoms with Crippen LogP contribution in [0.5, 0.6) is 0 Å². The molecule has 0 radical (unpaired) electrons. The van der Waals surface area contributed by atoms with Gasteiger partial charge in [0.15, 0.2) is 5.76 Å². The molecule has 2 N–H and O–H groups in total. The third-order valence-electron chi connectivity index (χ3n) is 2.80. The van der Waals surface area contributed by atoms with Crippen molar-refractivity contribution in [2.75, 3.05) is 18.0 Å². The molecule has 0 spiro atoms. The number of nitrogens with two attached hydrogens (primary N) is 1. The molecule has 1 amide bonds. The Morgan fingerprint density at radius 3 is 2.80 bits per heavy atom. The number of carbonyl (C=O) groups excluding carboxylic acids is 1. The van der Waals surface area contributed by atoms with Gasteiger partial charge in [-0.3, -0.25) is 4.79 Å². The van der Waals surface area contributed by atoms with E-state index in [4.69, 9.17) is 10.3 Å². The molecule has 5 nitrogen and oxygen atoms in total. The fourth-order valence-electron chi connectivity index (χ4n) is 2.02. The molecule has 1 aliphatic rings. The molecule has 15 heavy (non-hydrogen) atoms. The van der Waals surface area contributed by atoms with E-state index in [0.29, 0.717) is 25.3 Å². The first-order valence-corrected chi connectivity index (χ1v) is 5.06. The molecule has 1 saturated heterocycles. The predicted molar refractivity (Wildman–Crippen MR) is 55.5 cm³/mol. The van der Waals surface area contributed by atoms with Crippen molar-refractivity contribution in [3.8, 4) is 0 Å². The molecule has 5 heteroatoms. The molecule has 0 aliphatic carbocycles. The first-order chi connectivity index (χ1) is 7.13. The average molecular weight is 209 g/mol. The maximum absolute atomic E-state index is 11.7. The lowest BCUT2D eigenvalue weighted by molar-refractivity contribution is -0.117. The number of anilines is 1. The number of hydrogen-bond donors (Lipinski definition) is 1. The maximum atomic E-state index is 11.7. The van der Waals surface area contributed by atoms with Gasteiger partial charge in [0, 0.05) is 13.0 Å². The molecule has 1 aromatic heterocycles. The van der Waals surface area contributed by atoms with E-state index in [1.165, 1.54) is 0 Å². The summed E-state index contributed by atoms with van der Waals surface area (Å²) in [6.45, 7) is 4.89. The third kappa shape index (κ3) is 1.63. The van der Waals surface area contributed by atoms with Crippen LogP contribution in [0.15, 0.2) is 4.52 Å². The van der Waals surface area contributed by atoms with Crippen LogP contribution < -0.4 is 10.6 Å². The Labute approximate surface area is 88.2 Å². The van der Waals surface area contributed by atoms with Gasteiger partial charge in [0.05, 0.1) is 0 Å². The van der Waals surface area contributed by atoms with Crippen molar-refractivity contribution in [1.82, 2.24) is 5.16 Å². The quantitative estimate of drug-likeness (QED) is 0.774. The van der Waals surface area contributed by atoms with Crippen LogP contribution in [-0.4, -0.2) is 24.2 Å². The summed E-state index contributed by atoms with van der Waals surface area (Å²) in [6.07, 6.45) is 0.528. The van der Waals surface area contributed by atoms with Crippen LogP contribution >= 0.6 is 0 Å². The Balaban J connectivity index is 2.29. The fraction of sp³-hybridized carbons (Fsp3) is 0.600. The highest BCUT2D eigenvalue weighted by Gasteiger charge is 2.32. The smallest absolute Gasteiger partial charge is 0.227 e. The Hall–Kier alpha value is -1.36. The van der Waals surface area contributed by atoms with Crippen LogP contribution in [0.1, 0.15) is 17.9 Å². The Morgan fingerprint density at radius 2 is 2.33 bits per heavy atom. The zero-order valence-corrected chi connectivity index (χ0v) is 8.99. The van der Waals surface area contributed by atoms with Gasteiger partial charge in [-0.1, -0.05) is 5.16 Å². The van der Waals surface area contributed by atoms with E-state index in [0.717, 1.165) is 11.4 Å². The number of aryl methyl sites for hydroxylation is 2. The summed E-state index contributed by atoms with van der Waals surface area (Å²) in [5.41, 5.74) is 7.15. The number of carbonyl (C=O) groups is 1. The molecule has 2 rings (SSSR count). The molecule has 0 bridgehead atoms. The summed E-state index contributed by atoms with van der Waals surface area (Å²) in [5.74, 6) is 1.06. The van der Waals surface area contributed by atoms with E-state index in [2.05, 4.69) is 5.16 Å². The van der Waals surface area contributed by atoms with Crippen LogP contribution in [0.2, 0.25) is 0 Å².